The Bertz CT molecular complexity index is 1260. The van der Waals surface area contributed by atoms with Crippen LogP contribution in [-0.2, 0) is 16.6 Å². The van der Waals surface area contributed by atoms with Gasteiger partial charge < -0.3 is 10.2 Å². The van der Waals surface area contributed by atoms with Crippen molar-refractivity contribution in [1.82, 2.24) is 5.32 Å². The summed E-state index contributed by atoms with van der Waals surface area (Å²) in [4.78, 5) is 15.0. The van der Waals surface area contributed by atoms with E-state index >= 15 is 0 Å². The van der Waals surface area contributed by atoms with Crippen LogP contribution in [-0.4, -0.2) is 27.4 Å². The summed E-state index contributed by atoms with van der Waals surface area (Å²) in [5, 5.41) is 2.99. The number of carbonyl (C=O) groups is 1. The number of benzene rings is 3. The van der Waals surface area contributed by atoms with Crippen molar-refractivity contribution < 1.29 is 17.6 Å². The molecule has 1 fully saturated rings. The van der Waals surface area contributed by atoms with Gasteiger partial charge in [-0.2, -0.15) is 0 Å². The molecule has 172 valence electrons. The first-order valence-corrected chi connectivity index (χ1v) is 12.4. The normalized spacial score (nSPS) is 13.7. The summed E-state index contributed by atoms with van der Waals surface area (Å²) in [7, 11) is -4.00. The highest BCUT2D eigenvalue weighted by atomic mass is 35.5. The lowest BCUT2D eigenvalue weighted by Gasteiger charge is -2.21. The number of sulfonamides is 1. The van der Waals surface area contributed by atoms with Crippen LogP contribution in [0.4, 0.5) is 15.8 Å². The molecule has 6 nitrogen and oxygen atoms in total. The summed E-state index contributed by atoms with van der Waals surface area (Å²) in [6.45, 7) is 2.25. The van der Waals surface area contributed by atoms with E-state index in [4.69, 9.17) is 11.6 Å². The third-order valence-corrected chi connectivity index (χ3v) is 7.18. The molecule has 1 saturated heterocycles. The summed E-state index contributed by atoms with van der Waals surface area (Å²) in [5.41, 5.74) is 2.32. The molecule has 0 saturated carbocycles. The van der Waals surface area contributed by atoms with Crippen LogP contribution in [0.3, 0.4) is 0 Å². The van der Waals surface area contributed by atoms with Gasteiger partial charge >= 0.3 is 0 Å². The van der Waals surface area contributed by atoms with Gasteiger partial charge in [-0.15, -0.1) is 0 Å². The van der Waals surface area contributed by atoms with Crippen LogP contribution in [0.25, 0.3) is 0 Å². The number of rotatable bonds is 7. The van der Waals surface area contributed by atoms with Gasteiger partial charge in [0.1, 0.15) is 5.82 Å². The smallest absolute Gasteiger partial charge is 0.261 e. The second kappa shape index (κ2) is 9.80. The van der Waals surface area contributed by atoms with Crippen LogP contribution in [0.15, 0.2) is 71.6 Å². The molecule has 0 atom stereocenters. The molecule has 3 aromatic rings. The van der Waals surface area contributed by atoms with Crippen molar-refractivity contribution in [3.05, 3.63) is 88.7 Å². The van der Waals surface area contributed by atoms with Crippen LogP contribution in [0.5, 0.6) is 0 Å². The Kier molecular flexibility index (Phi) is 6.85. The summed E-state index contributed by atoms with van der Waals surface area (Å²) in [6.07, 6.45) is 2.28. The van der Waals surface area contributed by atoms with Crippen LogP contribution >= 0.6 is 11.6 Å². The van der Waals surface area contributed by atoms with Crippen molar-refractivity contribution in [2.75, 3.05) is 22.7 Å². The standard InChI is InChI=1S/C24H23ClFN3O3S/c25-22-12-11-20(33(31,32)28-19-9-7-18(26)8-10-19)15-21(22)24(30)27-16-17-5-1-2-6-23(17)29-13-3-4-14-29/h1-2,5-12,15,28H,3-4,13-14,16H2,(H,27,30). The average Bonchev–Trinajstić information content (AvgIpc) is 3.34. The Morgan fingerprint density at radius 2 is 1.70 bits per heavy atom. The fraction of sp³-hybridized carbons (Fsp3) is 0.208. The molecule has 2 N–H and O–H groups in total. The number of halogens is 2. The summed E-state index contributed by atoms with van der Waals surface area (Å²) in [6, 6.07) is 16.7. The first-order chi connectivity index (χ1) is 15.8. The van der Waals surface area contributed by atoms with Crippen LogP contribution < -0.4 is 14.9 Å². The van der Waals surface area contributed by atoms with Crippen molar-refractivity contribution in [3.8, 4) is 0 Å². The molecule has 4 rings (SSSR count). The van der Waals surface area contributed by atoms with Crippen molar-refractivity contribution >= 4 is 38.9 Å². The molecule has 0 aliphatic carbocycles. The number of anilines is 2. The molecule has 0 aromatic heterocycles. The Morgan fingerprint density at radius 1 is 1.00 bits per heavy atom. The predicted molar refractivity (Wildman–Crippen MR) is 128 cm³/mol. The number of nitrogens with one attached hydrogen (secondary N) is 2. The number of hydrogen-bond acceptors (Lipinski definition) is 4. The molecule has 1 amide bonds. The lowest BCUT2D eigenvalue weighted by atomic mass is 10.1. The molecule has 9 heteroatoms. The zero-order valence-electron chi connectivity index (χ0n) is 17.7. The first kappa shape index (κ1) is 23.1. The molecule has 3 aromatic carbocycles. The SMILES string of the molecule is O=C(NCc1ccccc1N1CCCC1)c1cc(S(=O)(=O)Nc2ccc(F)cc2)ccc1Cl. The van der Waals surface area contributed by atoms with Crippen molar-refractivity contribution in [1.29, 1.82) is 0 Å². The number of amides is 1. The Balaban J connectivity index is 1.51. The van der Waals surface area contributed by atoms with Crippen molar-refractivity contribution in [2.45, 2.75) is 24.3 Å². The Hall–Kier alpha value is -3.10. The third-order valence-electron chi connectivity index (χ3n) is 5.47. The molecule has 0 bridgehead atoms. The highest BCUT2D eigenvalue weighted by Crippen LogP contribution is 2.26. The largest absolute Gasteiger partial charge is 0.371 e. The minimum atomic E-state index is -4.00. The van der Waals surface area contributed by atoms with Gasteiger partial charge in [0.2, 0.25) is 0 Å². The summed E-state index contributed by atoms with van der Waals surface area (Å²) >= 11 is 6.21. The molecular formula is C24H23ClFN3O3S. The fourth-order valence-corrected chi connectivity index (χ4v) is 5.06. The molecule has 0 radical (unpaired) electrons. The van der Waals surface area contributed by atoms with Crippen molar-refractivity contribution in [3.63, 3.8) is 0 Å². The minimum Gasteiger partial charge on any atom is -0.371 e. The van der Waals surface area contributed by atoms with E-state index in [9.17, 15) is 17.6 Å². The highest BCUT2D eigenvalue weighted by Gasteiger charge is 2.20. The zero-order chi connectivity index (χ0) is 23.4. The average molecular weight is 488 g/mol. The van der Waals surface area contributed by atoms with E-state index in [-0.39, 0.29) is 27.7 Å². The molecule has 33 heavy (non-hydrogen) atoms. The maximum atomic E-state index is 13.1. The third kappa shape index (κ3) is 5.46. The van der Waals surface area contributed by atoms with E-state index < -0.39 is 21.7 Å². The molecular weight excluding hydrogens is 465 g/mol. The lowest BCUT2D eigenvalue weighted by molar-refractivity contribution is 0.0951. The number of para-hydroxylation sites is 1. The van der Waals surface area contributed by atoms with Crippen LogP contribution in [0.1, 0.15) is 28.8 Å². The molecule has 0 spiro atoms. The zero-order valence-corrected chi connectivity index (χ0v) is 19.3. The minimum absolute atomic E-state index is 0.0531. The number of nitrogens with zero attached hydrogens (tertiary/aromatic N) is 1. The summed E-state index contributed by atoms with van der Waals surface area (Å²) in [5.74, 6) is -0.954. The van der Waals surface area contributed by atoms with E-state index in [0.717, 1.165) is 49.3 Å². The second-order valence-corrected chi connectivity index (χ2v) is 9.85. The van der Waals surface area contributed by atoms with Crippen molar-refractivity contribution in [2.24, 2.45) is 0 Å². The van der Waals surface area contributed by atoms with Crippen LogP contribution in [0, 0.1) is 5.82 Å². The van der Waals surface area contributed by atoms with E-state index in [1.54, 1.807) is 0 Å². The topological polar surface area (TPSA) is 78.5 Å². The van der Waals surface area contributed by atoms with Gasteiger partial charge in [-0.3, -0.25) is 9.52 Å². The van der Waals surface area contributed by atoms with Gasteiger partial charge in [0.05, 0.1) is 15.5 Å². The monoisotopic (exact) mass is 487 g/mol. The lowest BCUT2D eigenvalue weighted by Crippen LogP contribution is -2.26. The Labute approximate surface area is 197 Å². The predicted octanol–water partition coefficient (Wildman–Crippen LogP) is 4.81. The van der Waals surface area contributed by atoms with Gasteiger partial charge in [0.25, 0.3) is 15.9 Å². The van der Waals surface area contributed by atoms with E-state index in [1.165, 1.54) is 30.3 Å². The van der Waals surface area contributed by atoms with E-state index in [0.29, 0.717) is 0 Å². The number of carbonyl (C=O) groups excluding carboxylic acids is 1. The van der Waals surface area contributed by atoms with Gasteiger partial charge in [-0.25, -0.2) is 12.8 Å². The molecule has 1 aliphatic rings. The van der Waals surface area contributed by atoms with Gasteiger partial charge in [-0.1, -0.05) is 29.8 Å². The maximum Gasteiger partial charge on any atom is 0.261 e. The quantitative estimate of drug-likeness (QED) is 0.501. The van der Waals surface area contributed by atoms with E-state index in [2.05, 4.69) is 14.9 Å². The van der Waals surface area contributed by atoms with Gasteiger partial charge in [-0.05, 0) is 66.9 Å². The summed E-state index contributed by atoms with van der Waals surface area (Å²) < 4.78 is 41.0. The van der Waals surface area contributed by atoms with Crippen LogP contribution in [0.2, 0.25) is 5.02 Å². The van der Waals surface area contributed by atoms with Gasteiger partial charge in [0.15, 0.2) is 0 Å². The maximum absolute atomic E-state index is 13.1. The van der Waals surface area contributed by atoms with E-state index in [1.807, 2.05) is 24.3 Å². The second-order valence-electron chi connectivity index (χ2n) is 7.76. The van der Waals surface area contributed by atoms with Gasteiger partial charge in [0, 0.05) is 31.0 Å². The first-order valence-electron chi connectivity index (χ1n) is 10.5. The molecule has 1 heterocycles. The molecule has 0 unspecified atom stereocenters. The number of hydrogen-bond donors (Lipinski definition) is 2. The highest BCUT2D eigenvalue weighted by molar-refractivity contribution is 7.92. The molecule has 1 aliphatic heterocycles. The Morgan fingerprint density at radius 3 is 2.42 bits per heavy atom. The fourth-order valence-electron chi connectivity index (χ4n) is 3.78.